The summed E-state index contributed by atoms with van der Waals surface area (Å²) in [5, 5.41) is 19.8. The third-order valence-electron chi connectivity index (χ3n) is 9.16. The highest BCUT2D eigenvalue weighted by Crippen LogP contribution is 2.39. The first kappa shape index (κ1) is 33.2. The standard InChI is InChI=1S/C35H46N2O7S/c1-23-4-6-24(7-5-23)33(39)37(25-8-11-28(12-9-25)44-31-13-10-26(38)21-36-31)30-20-29(45-32(30)34(40)41)14-17-35(2,3)22-43-27-15-18-42-19-16-27/h10,13,20-21,23-25,27-28,38H,4-9,11-12,15-16,18-19,22H2,1-3H3,(H,40,41). The van der Waals surface area contributed by atoms with Crippen LogP contribution in [0, 0.1) is 29.1 Å². The van der Waals surface area contributed by atoms with Gasteiger partial charge in [-0.05, 0) is 96.1 Å². The SMILES string of the molecule is CC1CCC(C(=O)N(c2cc(C#CC(C)(C)COC3CCOCC3)sc2C(=O)O)C2CCC(Oc3ccc(O)cn3)CC2)CC1. The van der Waals surface area contributed by atoms with Gasteiger partial charge in [0, 0.05) is 36.7 Å². The molecule has 0 unspecified atom stereocenters. The Hall–Kier alpha value is -3.13. The van der Waals surface area contributed by atoms with Gasteiger partial charge in [-0.1, -0.05) is 18.8 Å². The van der Waals surface area contributed by atoms with Crippen LogP contribution in [0.25, 0.3) is 0 Å². The number of thiophene rings is 1. The van der Waals surface area contributed by atoms with Gasteiger partial charge in [-0.15, -0.1) is 11.3 Å². The summed E-state index contributed by atoms with van der Waals surface area (Å²) in [6.45, 7) is 8.19. The van der Waals surface area contributed by atoms with E-state index in [-0.39, 0.29) is 40.7 Å². The lowest BCUT2D eigenvalue weighted by atomic mass is 9.81. The zero-order chi connectivity index (χ0) is 32.0. The molecule has 5 rings (SSSR count). The molecule has 244 valence electrons. The molecule has 2 aliphatic carbocycles. The highest BCUT2D eigenvalue weighted by molar-refractivity contribution is 7.15. The maximum atomic E-state index is 14.3. The van der Waals surface area contributed by atoms with Gasteiger partial charge in [-0.3, -0.25) is 4.79 Å². The van der Waals surface area contributed by atoms with Crippen LogP contribution in [0.15, 0.2) is 24.4 Å². The molecule has 0 radical (unpaired) electrons. The molecule has 0 aromatic carbocycles. The van der Waals surface area contributed by atoms with Gasteiger partial charge >= 0.3 is 5.97 Å². The van der Waals surface area contributed by atoms with Crippen molar-refractivity contribution in [2.45, 2.75) is 103 Å². The van der Waals surface area contributed by atoms with Gasteiger partial charge in [0.2, 0.25) is 11.8 Å². The van der Waals surface area contributed by atoms with Gasteiger partial charge in [-0.2, -0.15) is 0 Å². The summed E-state index contributed by atoms with van der Waals surface area (Å²) >= 11 is 1.14. The van der Waals surface area contributed by atoms with Gasteiger partial charge in [0.1, 0.15) is 16.7 Å². The number of amides is 1. The summed E-state index contributed by atoms with van der Waals surface area (Å²) in [7, 11) is 0. The minimum atomic E-state index is -1.05. The monoisotopic (exact) mass is 638 g/mol. The molecule has 3 fully saturated rings. The molecule has 1 saturated heterocycles. The van der Waals surface area contributed by atoms with Crippen LogP contribution in [0.1, 0.15) is 99.5 Å². The number of nitrogens with zero attached hydrogens (tertiary/aromatic N) is 2. The average Bonchev–Trinajstić information content (AvgIpc) is 3.46. The molecule has 2 aromatic rings. The van der Waals surface area contributed by atoms with Gasteiger partial charge < -0.3 is 29.3 Å². The van der Waals surface area contributed by atoms with Crippen molar-refractivity contribution in [3.8, 4) is 23.5 Å². The van der Waals surface area contributed by atoms with Gasteiger partial charge in [0.25, 0.3) is 0 Å². The normalized spacial score (nSPS) is 24.3. The summed E-state index contributed by atoms with van der Waals surface area (Å²) in [4.78, 5) is 33.6. The molecule has 3 aliphatic rings. The van der Waals surface area contributed by atoms with Gasteiger partial charge in [-0.25, -0.2) is 9.78 Å². The number of ether oxygens (including phenoxy) is 3. The topological polar surface area (TPSA) is 118 Å². The molecule has 10 heteroatoms. The van der Waals surface area contributed by atoms with Gasteiger partial charge in [0.05, 0.1) is 29.5 Å². The number of pyridine rings is 1. The summed E-state index contributed by atoms with van der Waals surface area (Å²) in [5.41, 5.74) is 0.0338. The molecule has 1 aliphatic heterocycles. The quantitative estimate of drug-likeness (QED) is 0.293. The predicted octanol–water partition coefficient (Wildman–Crippen LogP) is 6.67. The third-order valence-corrected chi connectivity index (χ3v) is 10.2. The Labute approximate surface area is 270 Å². The Morgan fingerprint density at radius 3 is 2.40 bits per heavy atom. The number of aromatic hydroxyl groups is 1. The van der Waals surface area contributed by atoms with Crippen molar-refractivity contribution in [2.24, 2.45) is 17.3 Å². The van der Waals surface area contributed by atoms with Crippen LogP contribution in [0.4, 0.5) is 5.69 Å². The molecule has 0 atom stereocenters. The first-order valence-electron chi connectivity index (χ1n) is 16.3. The molecular weight excluding hydrogens is 592 g/mol. The van der Waals surface area contributed by atoms with Crippen LogP contribution >= 0.6 is 11.3 Å². The molecule has 3 heterocycles. The zero-order valence-corrected chi connectivity index (χ0v) is 27.4. The number of aromatic nitrogens is 1. The molecule has 45 heavy (non-hydrogen) atoms. The summed E-state index contributed by atoms with van der Waals surface area (Å²) in [6, 6.07) is 4.86. The van der Waals surface area contributed by atoms with Crippen LogP contribution in [0.2, 0.25) is 0 Å². The molecule has 2 saturated carbocycles. The first-order valence-corrected chi connectivity index (χ1v) is 17.1. The van der Waals surface area contributed by atoms with Crippen molar-refractivity contribution < 1.29 is 34.0 Å². The molecule has 9 nitrogen and oxygen atoms in total. The van der Waals surface area contributed by atoms with Gasteiger partial charge in [0.15, 0.2) is 0 Å². The molecule has 0 bridgehead atoms. The predicted molar refractivity (Wildman–Crippen MR) is 173 cm³/mol. The van der Waals surface area contributed by atoms with Crippen molar-refractivity contribution in [3.63, 3.8) is 0 Å². The zero-order valence-electron chi connectivity index (χ0n) is 26.6. The fraction of sp³-hybridized carbons (Fsp3) is 0.629. The maximum Gasteiger partial charge on any atom is 0.348 e. The Morgan fingerprint density at radius 1 is 1.04 bits per heavy atom. The smallest absolute Gasteiger partial charge is 0.348 e. The number of hydrogen-bond acceptors (Lipinski definition) is 8. The van der Waals surface area contributed by atoms with Crippen molar-refractivity contribution in [3.05, 3.63) is 34.2 Å². The maximum absolute atomic E-state index is 14.3. The van der Waals surface area contributed by atoms with Crippen LogP contribution in [-0.4, -0.2) is 65.1 Å². The number of aromatic carboxylic acids is 1. The van der Waals surface area contributed by atoms with E-state index in [0.29, 0.717) is 67.9 Å². The Bertz CT molecular complexity index is 1360. The largest absolute Gasteiger partial charge is 0.506 e. The van der Waals surface area contributed by atoms with E-state index in [4.69, 9.17) is 14.2 Å². The average molecular weight is 639 g/mol. The summed E-state index contributed by atoms with van der Waals surface area (Å²) in [6.07, 6.45) is 9.65. The number of anilines is 1. The van der Waals surface area contributed by atoms with Crippen molar-refractivity contribution in [1.82, 2.24) is 4.98 Å². The van der Waals surface area contributed by atoms with E-state index < -0.39 is 11.4 Å². The molecule has 2 N–H and O–H groups in total. The van der Waals surface area contributed by atoms with Crippen molar-refractivity contribution >= 4 is 28.9 Å². The van der Waals surface area contributed by atoms with Crippen LogP contribution in [0.5, 0.6) is 11.6 Å². The van der Waals surface area contributed by atoms with Crippen molar-refractivity contribution in [1.29, 1.82) is 0 Å². The first-order chi connectivity index (χ1) is 21.6. The Morgan fingerprint density at radius 2 is 1.76 bits per heavy atom. The second kappa shape index (κ2) is 15.0. The van der Waals surface area contributed by atoms with E-state index in [1.165, 1.54) is 6.20 Å². The minimum absolute atomic E-state index is 0.0245. The Balaban J connectivity index is 1.35. The fourth-order valence-electron chi connectivity index (χ4n) is 6.44. The Kier molecular flexibility index (Phi) is 11.1. The van der Waals surface area contributed by atoms with E-state index in [2.05, 4.69) is 23.7 Å². The van der Waals surface area contributed by atoms with E-state index in [1.807, 2.05) is 19.9 Å². The molecular formula is C35H46N2O7S. The molecule has 0 spiro atoms. The lowest BCUT2D eigenvalue weighted by Crippen LogP contribution is -2.47. The highest BCUT2D eigenvalue weighted by Gasteiger charge is 2.38. The third kappa shape index (κ3) is 8.99. The lowest BCUT2D eigenvalue weighted by molar-refractivity contribution is -0.124. The fourth-order valence-corrected chi connectivity index (χ4v) is 7.29. The highest BCUT2D eigenvalue weighted by atomic mass is 32.1. The van der Waals surface area contributed by atoms with E-state index in [0.717, 1.165) is 49.9 Å². The number of rotatable bonds is 9. The summed E-state index contributed by atoms with van der Waals surface area (Å²) in [5.74, 6) is 6.53. The van der Waals surface area contributed by atoms with E-state index in [1.54, 1.807) is 17.0 Å². The second-order valence-corrected chi connectivity index (χ2v) is 14.5. The van der Waals surface area contributed by atoms with E-state index >= 15 is 0 Å². The summed E-state index contributed by atoms with van der Waals surface area (Å²) < 4.78 is 17.6. The van der Waals surface area contributed by atoms with Crippen LogP contribution < -0.4 is 9.64 Å². The van der Waals surface area contributed by atoms with Crippen molar-refractivity contribution in [2.75, 3.05) is 24.7 Å². The molecule has 1 amide bonds. The number of carboxylic acids is 1. The number of carboxylic acid groups (broad SMARTS) is 1. The second-order valence-electron chi connectivity index (χ2n) is 13.5. The minimum Gasteiger partial charge on any atom is -0.506 e. The number of carbonyl (C=O) groups excluding carboxylic acids is 1. The molecule has 2 aromatic heterocycles. The number of hydrogen-bond donors (Lipinski definition) is 2. The van der Waals surface area contributed by atoms with Crippen LogP contribution in [0.3, 0.4) is 0 Å². The lowest BCUT2D eigenvalue weighted by Gasteiger charge is -2.39. The van der Waals surface area contributed by atoms with Crippen LogP contribution in [-0.2, 0) is 14.3 Å². The number of carbonyl (C=O) groups is 2. The van der Waals surface area contributed by atoms with E-state index in [9.17, 15) is 19.8 Å².